The van der Waals surface area contributed by atoms with Crippen LogP contribution in [0.25, 0.3) is 11.4 Å². The lowest BCUT2D eigenvalue weighted by Crippen LogP contribution is -2.49. The van der Waals surface area contributed by atoms with Crippen LogP contribution in [0, 0.1) is 13.8 Å². The van der Waals surface area contributed by atoms with E-state index in [1.807, 2.05) is 38.1 Å². The number of nitrogens with zero attached hydrogens (tertiary/aromatic N) is 5. The van der Waals surface area contributed by atoms with Gasteiger partial charge in [0.2, 0.25) is 21.7 Å². The minimum absolute atomic E-state index is 0.397. The first-order chi connectivity index (χ1) is 14.9. The van der Waals surface area contributed by atoms with Gasteiger partial charge in [-0.25, -0.2) is 13.4 Å². The van der Waals surface area contributed by atoms with Gasteiger partial charge in [-0.2, -0.15) is 9.29 Å². The van der Waals surface area contributed by atoms with Crippen LogP contribution in [0.2, 0.25) is 0 Å². The van der Waals surface area contributed by atoms with E-state index in [1.54, 1.807) is 16.6 Å². The number of benzene rings is 1. The third kappa shape index (κ3) is 3.95. The van der Waals surface area contributed by atoms with Crippen LogP contribution in [0.3, 0.4) is 0 Å². The highest BCUT2D eigenvalue weighted by molar-refractivity contribution is 7.89. The number of sulfonamides is 1. The fraction of sp³-hybridized carbons (Fsp3) is 0.409. The van der Waals surface area contributed by atoms with E-state index in [0.29, 0.717) is 48.7 Å². The molecule has 0 bridgehead atoms. The number of pyridine rings is 1. The number of aryl methyl sites for hydroxylation is 2. The lowest BCUT2D eigenvalue weighted by Gasteiger charge is -2.35. The zero-order valence-electron chi connectivity index (χ0n) is 17.7. The molecule has 0 atom stereocenters. The van der Waals surface area contributed by atoms with E-state index in [2.05, 4.69) is 20.0 Å². The molecule has 1 aliphatic heterocycles. The SMILES string of the molecule is Cc1ccc(C)c(S(=O)(=O)N2CCN(c3ccc(-c4noc(C5CC5)n4)cn3)CC2)c1. The van der Waals surface area contributed by atoms with Crippen molar-refractivity contribution in [1.82, 2.24) is 19.4 Å². The van der Waals surface area contributed by atoms with Crippen molar-refractivity contribution in [3.8, 4) is 11.4 Å². The van der Waals surface area contributed by atoms with Crippen LogP contribution in [-0.2, 0) is 10.0 Å². The standard InChI is InChI=1S/C22H25N5O3S/c1-15-3-4-16(2)19(13-15)31(28,29)27-11-9-26(10-12-27)20-8-7-18(14-23-20)21-24-22(30-25-21)17-5-6-17/h3-4,7-8,13-14,17H,5-6,9-12H2,1-2H3. The molecule has 0 N–H and O–H groups in total. The maximum absolute atomic E-state index is 13.1. The molecule has 0 spiro atoms. The first-order valence-electron chi connectivity index (χ1n) is 10.5. The van der Waals surface area contributed by atoms with Gasteiger partial charge in [0, 0.05) is 43.9 Å². The van der Waals surface area contributed by atoms with Gasteiger partial charge in [0.25, 0.3) is 0 Å². The number of piperazine rings is 1. The Hall–Kier alpha value is -2.78. The van der Waals surface area contributed by atoms with E-state index in [1.165, 1.54) is 0 Å². The highest BCUT2D eigenvalue weighted by Gasteiger charge is 2.31. The Morgan fingerprint density at radius 2 is 1.81 bits per heavy atom. The normalized spacial score (nSPS) is 17.8. The molecule has 1 saturated heterocycles. The van der Waals surface area contributed by atoms with Gasteiger partial charge < -0.3 is 9.42 Å². The summed E-state index contributed by atoms with van der Waals surface area (Å²) in [6.45, 7) is 5.77. The van der Waals surface area contributed by atoms with Crippen molar-refractivity contribution < 1.29 is 12.9 Å². The number of hydrogen-bond acceptors (Lipinski definition) is 7. The summed E-state index contributed by atoms with van der Waals surface area (Å²) >= 11 is 0. The first-order valence-corrected chi connectivity index (χ1v) is 12.0. The topological polar surface area (TPSA) is 92.4 Å². The van der Waals surface area contributed by atoms with Crippen molar-refractivity contribution in [2.75, 3.05) is 31.1 Å². The zero-order chi connectivity index (χ0) is 21.6. The van der Waals surface area contributed by atoms with E-state index in [0.717, 1.165) is 35.3 Å². The van der Waals surface area contributed by atoms with Gasteiger partial charge in [0.1, 0.15) is 5.82 Å². The maximum atomic E-state index is 13.1. The van der Waals surface area contributed by atoms with Crippen LogP contribution in [0.1, 0.15) is 35.8 Å². The third-order valence-corrected chi connectivity index (χ3v) is 7.94. The number of hydrogen-bond donors (Lipinski definition) is 0. The second-order valence-electron chi connectivity index (χ2n) is 8.30. The summed E-state index contributed by atoms with van der Waals surface area (Å²) in [5, 5.41) is 4.06. The highest BCUT2D eigenvalue weighted by Crippen LogP contribution is 2.39. The second kappa shape index (κ2) is 7.72. The van der Waals surface area contributed by atoms with Gasteiger partial charge in [0.05, 0.1) is 4.90 Å². The summed E-state index contributed by atoms with van der Waals surface area (Å²) in [6, 6.07) is 9.41. The Balaban J connectivity index is 1.26. The van der Waals surface area contributed by atoms with E-state index < -0.39 is 10.0 Å². The Labute approximate surface area is 182 Å². The molecule has 1 saturated carbocycles. The minimum atomic E-state index is -3.50. The van der Waals surface area contributed by atoms with E-state index in [9.17, 15) is 8.42 Å². The molecule has 9 heteroatoms. The fourth-order valence-corrected chi connectivity index (χ4v) is 5.57. The summed E-state index contributed by atoms with van der Waals surface area (Å²) < 4.78 is 33.1. The van der Waals surface area contributed by atoms with Crippen molar-refractivity contribution in [3.05, 3.63) is 53.5 Å². The molecule has 5 rings (SSSR count). The predicted octanol–water partition coefficient (Wildman–Crippen LogP) is 3.14. The van der Waals surface area contributed by atoms with Crippen molar-refractivity contribution in [2.45, 2.75) is 37.5 Å². The van der Waals surface area contributed by atoms with Crippen molar-refractivity contribution in [2.24, 2.45) is 0 Å². The predicted molar refractivity (Wildman–Crippen MR) is 116 cm³/mol. The van der Waals surface area contributed by atoms with Crippen LogP contribution >= 0.6 is 0 Å². The van der Waals surface area contributed by atoms with Gasteiger partial charge in [-0.15, -0.1) is 0 Å². The Morgan fingerprint density at radius 1 is 1.03 bits per heavy atom. The summed E-state index contributed by atoms with van der Waals surface area (Å²) in [5.74, 6) is 2.51. The highest BCUT2D eigenvalue weighted by atomic mass is 32.2. The van der Waals surface area contributed by atoms with Gasteiger partial charge in [-0.05, 0) is 56.0 Å². The van der Waals surface area contributed by atoms with Crippen LogP contribution in [0.4, 0.5) is 5.82 Å². The molecule has 2 fully saturated rings. The molecular weight excluding hydrogens is 414 g/mol. The number of rotatable bonds is 5. The lowest BCUT2D eigenvalue weighted by atomic mass is 10.2. The molecule has 162 valence electrons. The molecule has 2 aromatic heterocycles. The smallest absolute Gasteiger partial charge is 0.243 e. The number of anilines is 1. The summed E-state index contributed by atoms with van der Waals surface area (Å²) in [5.41, 5.74) is 2.53. The molecule has 0 amide bonds. The average Bonchev–Trinajstić information content (AvgIpc) is 3.52. The molecular formula is C22H25N5O3S. The monoisotopic (exact) mass is 439 g/mol. The van der Waals surface area contributed by atoms with Crippen molar-refractivity contribution in [1.29, 1.82) is 0 Å². The van der Waals surface area contributed by atoms with Crippen LogP contribution in [0.5, 0.6) is 0 Å². The van der Waals surface area contributed by atoms with Gasteiger partial charge >= 0.3 is 0 Å². The Bertz CT molecular complexity index is 1190. The average molecular weight is 440 g/mol. The van der Waals surface area contributed by atoms with Gasteiger partial charge in [-0.3, -0.25) is 0 Å². The molecule has 2 aliphatic rings. The third-order valence-electron chi connectivity index (χ3n) is 5.90. The van der Waals surface area contributed by atoms with Crippen molar-refractivity contribution >= 4 is 15.8 Å². The second-order valence-corrected chi connectivity index (χ2v) is 10.2. The van der Waals surface area contributed by atoms with Gasteiger partial charge in [-0.1, -0.05) is 17.3 Å². The Kier molecular flexibility index (Phi) is 5.02. The fourth-order valence-electron chi connectivity index (χ4n) is 3.84. The minimum Gasteiger partial charge on any atom is -0.354 e. The maximum Gasteiger partial charge on any atom is 0.243 e. The molecule has 1 aliphatic carbocycles. The molecule has 31 heavy (non-hydrogen) atoms. The lowest BCUT2D eigenvalue weighted by molar-refractivity contribution is 0.380. The largest absolute Gasteiger partial charge is 0.354 e. The molecule has 1 aromatic carbocycles. The van der Waals surface area contributed by atoms with Crippen molar-refractivity contribution in [3.63, 3.8) is 0 Å². The quantitative estimate of drug-likeness (QED) is 0.603. The summed E-state index contributed by atoms with van der Waals surface area (Å²) in [4.78, 5) is 11.5. The molecule has 0 unspecified atom stereocenters. The molecule has 0 radical (unpaired) electrons. The zero-order valence-corrected chi connectivity index (χ0v) is 18.5. The van der Waals surface area contributed by atoms with Crippen LogP contribution in [0.15, 0.2) is 45.9 Å². The molecule has 3 heterocycles. The van der Waals surface area contributed by atoms with E-state index >= 15 is 0 Å². The van der Waals surface area contributed by atoms with Gasteiger partial charge in [0.15, 0.2) is 0 Å². The summed E-state index contributed by atoms with van der Waals surface area (Å²) in [7, 11) is -3.50. The molecule has 8 nitrogen and oxygen atoms in total. The Morgan fingerprint density at radius 3 is 2.48 bits per heavy atom. The first kappa shape index (κ1) is 20.1. The van der Waals surface area contributed by atoms with Crippen LogP contribution in [-0.4, -0.2) is 54.0 Å². The van der Waals surface area contributed by atoms with E-state index in [-0.39, 0.29) is 0 Å². The van der Waals surface area contributed by atoms with Crippen LogP contribution < -0.4 is 4.90 Å². The number of aromatic nitrogens is 3. The van der Waals surface area contributed by atoms with E-state index in [4.69, 9.17) is 4.52 Å². The molecule has 3 aromatic rings. The summed E-state index contributed by atoms with van der Waals surface area (Å²) in [6.07, 6.45) is 3.98.